The molecule has 118 valence electrons. The molecule has 0 spiro atoms. The van der Waals surface area contributed by atoms with Gasteiger partial charge in [-0.15, -0.1) is 0 Å². The van der Waals surface area contributed by atoms with Crippen LogP contribution in [0, 0.1) is 5.92 Å². The monoisotopic (exact) mass is 300 g/mol. The van der Waals surface area contributed by atoms with E-state index in [9.17, 15) is 4.79 Å². The van der Waals surface area contributed by atoms with E-state index in [1.807, 2.05) is 19.1 Å². The van der Waals surface area contributed by atoms with Gasteiger partial charge in [0.15, 0.2) is 0 Å². The Balaban J connectivity index is 1.62. The molecule has 5 nitrogen and oxygen atoms in total. The van der Waals surface area contributed by atoms with E-state index in [-0.39, 0.29) is 11.8 Å². The van der Waals surface area contributed by atoms with E-state index >= 15 is 0 Å². The Labute approximate surface area is 131 Å². The molecule has 1 amide bonds. The first-order valence-electron chi connectivity index (χ1n) is 8.09. The van der Waals surface area contributed by atoms with Gasteiger partial charge in [0.25, 0.3) is 0 Å². The van der Waals surface area contributed by atoms with Crippen LogP contribution in [0.15, 0.2) is 24.3 Å². The minimum absolute atomic E-state index is 0.177. The molecule has 5 heteroatoms. The highest BCUT2D eigenvalue weighted by Gasteiger charge is 2.25. The van der Waals surface area contributed by atoms with Crippen molar-refractivity contribution in [3.8, 4) is 0 Å². The largest absolute Gasteiger partial charge is 0.356 e. The van der Waals surface area contributed by atoms with Crippen LogP contribution in [0.3, 0.4) is 0 Å². The van der Waals surface area contributed by atoms with Gasteiger partial charge >= 0.3 is 0 Å². The van der Waals surface area contributed by atoms with E-state index in [2.05, 4.69) is 34.0 Å². The van der Waals surface area contributed by atoms with Gasteiger partial charge in [-0.05, 0) is 45.0 Å². The summed E-state index contributed by atoms with van der Waals surface area (Å²) >= 11 is 0. The highest BCUT2D eigenvalue weighted by Crippen LogP contribution is 2.20. The maximum absolute atomic E-state index is 11.9. The molecule has 0 radical (unpaired) electrons. The number of amides is 1. The lowest BCUT2D eigenvalue weighted by Crippen LogP contribution is -2.40. The minimum atomic E-state index is 0.177. The van der Waals surface area contributed by atoms with Crippen molar-refractivity contribution in [2.45, 2.75) is 26.3 Å². The number of hydrogen-bond donors (Lipinski definition) is 1. The third-order valence-electron chi connectivity index (χ3n) is 4.55. The first kappa shape index (κ1) is 15.0. The summed E-state index contributed by atoms with van der Waals surface area (Å²) in [5, 5.41) is 2.93. The summed E-state index contributed by atoms with van der Waals surface area (Å²) in [5.41, 5.74) is 2.23. The summed E-state index contributed by atoms with van der Waals surface area (Å²) in [6, 6.07) is 8.23. The Morgan fingerprint density at radius 1 is 1.32 bits per heavy atom. The van der Waals surface area contributed by atoms with Crippen LogP contribution in [0.2, 0.25) is 0 Å². The molecule has 1 aliphatic rings. The van der Waals surface area contributed by atoms with Gasteiger partial charge in [-0.25, -0.2) is 4.98 Å². The summed E-state index contributed by atoms with van der Waals surface area (Å²) in [6.07, 6.45) is 1.88. The first-order chi connectivity index (χ1) is 10.7. The second-order valence-electron chi connectivity index (χ2n) is 6.02. The van der Waals surface area contributed by atoms with Crippen LogP contribution in [0.25, 0.3) is 11.0 Å². The number of aryl methyl sites for hydroxylation is 1. The van der Waals surface area contributed by atoms with Crippen LogP contribution in [0.4, 0.5) is 0 Å². The van der Waals surface area contributed by atoms with Gasteiger partial charge < -0.3 is 9.88 Å². The number of carbonyl (C=O) groups is 1. The van der Waals surface area contributed by atoms with Crippen molar-refractivity contribution < 1.29 is 4.79 Å². The molecule has 1 aromatic carbocycles. The van der Waals surface area contributed by atoms with Gasteiger partial charge in [0.2, 0.25) is 5.91 Å². The van der Waals surface area contributed by atoms with Gasteiger partial charge in [-0.1, -0.05) is 12.1 Å². The van der Waals surface area contributed by atoms with Crippen molar-refractivity contribution in [2.75, 3.05) is 19.6 Å². The van der Waals surface area contributed by atoms with Gasteiger partial charge in [-0.2, -0.15) is 0 Å². The number of nitrogens with one attached hydrogen (secondary N) is 1. The van der Waals surface area contributed by atoms with E-state index in [1.54, 1.807) is 0 Å². The summed E-state index contributed by atoms with van der Waals surface area (Å²) in [6.45, 7) is 5.47. The predicted octanol–water partition coefficient (Wildman–Crippen LogP) is 1.92. The lowest BCUT2D eigenvalue weighted by Gasteiger charge is -2.30. The fourth-order valence-corrected chi connectivity index (χ4v) is 3.21. The molecular weight excluding hydrogens is 276 g/mol. The molecule has 1 N–H and O–H groups in total. The summed E-state index contributed by atoms with van der Waals surface area (Å²) in [4.78, 5) is 19.0. The zero-order valence-corrected chi connectivity index (χ0v) is 13.4. The highest BCUT2D eigenvalue weighted by molar-refractivity contribution is 5.78. The SMILES string of the molecule is CCNC(=O)C1CCN(Cc2nc3ccccc3n2C)CC1. The second-order valence-corrected chi connectivity index (χ2v) is 6.02. The van der Waals surface area contributed by atoms with Gasteiger partial charge in [0.1, 0.15) is 5.82 Å². The lowest BCUT2D eigenvalue weighted by molar-refractivity contribution is -0.126. The number of likely N-dealkylation sites (tertiary alicyclic amines) is 1. The maximum Gasteiger partial charge on any atom is 0.223 e. The van der Waals surface area contributed by atoms with E-state index < -0.39 is 0 Å². The number of imidazole rings is 1. The number of fused-ring (bicyclic) bond motifs is 1. The molecule has 2 heterocycles. The molecular formula is C17H24N4O. The molecule has 1 aromatic heterocycles. The molecule has 0 unspecified atom stereocenters. The average Bonchev–Trinajstić information content (AvgIpc) is 2.85. The Morgan fingerprint density at radius 2 is 2.05 bits per heavy atom. The van der Waals surface area contributed by atoms with Crippen LogP contribution >= 0.6 is 0 Å². The minimum Gasteiger partial charge on any atom is -0.356 e. The molecule has 0 aliphatic carbocycles. The number of para-hydroxylation sites is 2. The topological polar surface area (TPSA) is 50.2 Å². The molecule has 0 atom stereocenters. The molecule has 1 aliphatic heterocycles. The van der Waals surface area contributed by atoms with Gasteiger partial charge in [-0.3, -0.25) is 9.69 Å². The number of aromatic nitrogens is 2. The summed E-state index contributed by atoms with van der Waals surface area (Å²) < 4.78 is 2.17. The van der Waals surface area contributed by atoms with E-state index in [0.717, 1.165) is 50.4 Å². The lowest BCUT2D eigenvalue weighted by atomic mass is 9.96. The van der Waals surface area contributed by atoms with Crippen LogP contribution in [-0.4, -0.2) is 40.0 Å². The number of hydrogen-bond acceptors (Lipinski definition) is 3. The third kappa shape index (κ3) is 2.99. The third-order valence-corrected chi connectivity index (χ3v) is 4.55. The zero-order valence-electron chi connectivity index (χ0n) is 13.4. The number of rotatable bonds is 4. The highest BCUT2D eigenvalue weighted by atomic mass is 16.1. The molecule has 1 saturated heterocycles. The normalized spacial score (nSPS) is 17.0. The van der Waals surface area contributed by atoms with E-state index in [4.69, 9.17) is 4.98 Å². The fraction of sp³-hybridized carbons (Fsp3) is 0.529. The van der Waals surface area contributed by atoms with Crippen LogP contribution in [0.5, 0.6) is 0 Å². The van der Waals surface area contributed by atoms with E-state index in [0.29, 0.717) is 0 Å². The Morgan fingerprint density at radius 3 is 2.73 bits per heavy atom. The first-order valence-corrected chi connectivity index (χ1v) is 8.09. The van der Waals surface area contributed by atoms with Gasteiger partial charge in [0.05, 0.1) is 17.6 Å². The summed E-state index contributed by atoms with van der Waals surface area (Å²) in [5.74, 6) is 1.49. The average molecular weight is 300 g/mol. The summed E-state index contributed by atoms with van der Waals surface area (Å²) in [7, 11) is 2.08. The van der Waals surface area contributed by atoms with Crippen LogP contribution in [0.1, 0.15) is 25.6 Å². The number of carbonyl (C=O) groups excluding carboxylic acids is 1. The Bertz CT molecular complexity index is 656. The molecule has 0 bridgehead atoms. The van der Waals surface area contributed by atoms with E-state index in [1.165, 1.54) is 5.52 Å². The van der Waals surface area contributed by atoms with Crippen LogP contribution < -0.4 is 5.32 Å². The zero-order chi connectivity index (χ0) is 15.5. The Kier molecular flexibility index (Phi) is 4.43. The second kappa shape index (κ2) is 6.48. The maximum atomic E-state index is 11.9. The molecule has 2 aromatic rings. The predicted molar refractivity (Wildman–Crippen MR) is 87.4 cm³/mol. The van der Waals surface area contributed by atoms with Crippen LogP contribution in [-0.2, 0) is 18.4 Å². The van der Waals surface area contributed by atoms with Crippen molar-refractivity contribution in [2.24, 2.45) is 13.0 Å². The van der Waals surface area contributed by atoms with Crippen molar-refractivity contribution in [1.29, 1.82) is 0 Å². The number of piperidine rings is 1. The van der Waals surface area contributed by atoms with Crippen molar-refractivity contribution >= 4 is 16.9 Å². The van der Waals surface area contributed by atoms with Crippen molar-refractivity contribution in [1.82, 2.24) is 19.8 Å². The molecule has 22 heavy (non-hydrogen) atoms. The number of benzene rings is 1. The number of nitrogens with zero attached hydrogens (tertiary/aromatic N) is 3. The molecule has 1 fully saturated rings. The standard InChI is InChI=1S/C17H24N4O/c1-3-18-17(22)13-8-10-21(11-9-13)12-16-19-14-6-4-5-7-15(14)20(16)2/h4-7,13H,3,8-12H2,1-2H3,(H,18,22). The van der Waals surface area contributed by atoms with Crippen molar-refractivity contribution in [3.63, 3.8) is 0 Å². The molecule has 0 saturated carbocycles. The smallest absolute Gasteiger partial charge is 0.223 e. The van der Waals surface area contributed by atoms with Gasteiger partial charge in [0, 0.05) is 19.5 Å². The Hall–Kier alpha value is -1.88. The van der Waals surface area contributed by atoms with Crippen molar-refractivity contribution in [3.05, 3.63) is 30.1 Å². The quantitative estimate of drug-likeness (QED) is 0.938. The molecule has 3 rings (SSSR count). The fourth-order valence-electron chi connectivity index (χ4n) is 3.21.